The van der Waals surface area contributed by atoms with E-state index in [1.165, 1.54) is 11.3 Å². The molecule has 182 valence electrons. The molecule has 0 radical (unpaired) electrons. The molecule has 3 heterocycles. The Morgan fingerprint density at radius 2 is 1.65 bits per heavy atom. The van der Waals surface area contributed by atoms with Crippen LogP contribution in [0.25, 0.3) is 11.4 Å². The van der Waals surface area contributed by atoms with Crippen LogP contribution in [0.3, 0.4) is 0 Å². The van der Waals surface area contributed by atoms with Crippen molar-refractivity contribution in [2.75, 3.05) is 32.8 Å². The number of hydrogen-bond donors (Lipinski definition) is 1. The predicted octanol–water partition coefficient (Wildman–Crippen LogP) is 3.16. The second-order valence-electron chi connectivity index (χ2n) is 9.88. The average Bonchev–Trinajstić information content (AvgIpc) is 3.36. The van der Waals surface area contributed by atoms with Crippen molar-refractivity contribution in [2.45, 2.75) is 64.0 Å². The summed E-state index contributed by atoms with van der Waals surface area (Å²) >= 11 is 0. The standard InChI is InChI=1S/C25H34N6O3/c1-19-9-5-6-10-20(19)22-26-21(34-28-22)17-29-13-15-30(16-14-29)18-31-23(32)25(27-24(31)33)11-7-3-2-4-8-12-25/h5-6,9-10H,2-4,7-8,11-18H2,1H3,(H,27,33). The van der Waals surface area contributed by atoms with Crippen LogP contribution < -0.4 is 5.32 Å². The van der Waals surface area contributed by atoms with Gasteiger partial charge in [0.05, 0.1) is 13.2 Å². The average molecular weight is 467 g/mol. The number of aromatic nitrogens is 2. The lowest BCUT2D eigenvalue weighted by Crippen LogP contribution is -2.52. The lowest BCUT2D eigenvalue weighted by molar-refractivity contribution is -0.133. The van der Waals surface area contributed by atoms with Crippen LogP contribution in [0.5, 0.6) is 0 Å². The summed E-state index contributed by atoms with van der Waals surface area (Å²) < 4.78 is 5.50. The minimum absolute atomic E-state index is 0.0311. The van der Waals surface area contributed by atoms with Crippen LogP contribution in [-0.2, 0) is 11.3 Å². The Morgan fingerprint density at radius 1 is 0.971 bits per heavy atom. The fourth-order valence-corrected chi connectivity index (χ4v) is 5.38. The fourth-order valence-electron chi connectivity index (χ4n) is 5.38. The van der Waals surface area contributed by atoms with E-state index in [0.717, 1.165) is 75.8 Å². The first-order valence-corrected chi connectivity index (χ1v) is 12.5. The van der Waals surface area contributed by atoms with Gasteiger partial charge in [-0.1, -0.05) is 61.5 Å². The van der Waals surface area contributed by atoms with Crippen molar-refractivity contribution < 1.29 is 14.1 Å². The summed E-state index contributed by atoms with van der Waals surface area (Å²) in [4.78, 5) is 36.4. The molecule has 1 saturated carbocycles. The third-order valence-corrected chi connectivity index (χ3v) is 7.47. The molecular formula is C25H34N6O3. The number of benzene rings is 1. The van der Waals surface area contributed by atoms with Crippen molar-refractivity contribution in [1.82, 2.24) is 30.2 Å². The summed E-state index contributed by atoms with van der Waals surface area (Å²) in [7, 11) is 0. The number of nitrogens with zero attached hydrogens (tertiary/aromatic N) is 5. The van der Waals surface area contributed by atoms with Crippen molar-refractivity contribution >= 4 is 11.9 Å². The van der Waals surface area contributed by atoms with Crippen LogP contribution in [0.15, 0.2) is 28.8 Å². The van der Waals surface area contributed by atoms with Gasteiger partial charge in [-0.25, -0.2) is 9.69 Å². The number of aryl methyl sites for hydroxylation is 1. The van der Waals surface area contributed by atoms with Crippen LogP contribution in [0, 0.1) is 6.92 Å². The van der Waals surface area contributed by atoms with Gasteiger partial charge in [0.25, 0.3) is 5.91 Å². The van der Waals surface area contributed by atoms with Crippen LogP contribution in [0.4, 0.5) is 4.79 Å². The maximum Gasteiger partial charge on any atom is 0.326 e. The highest BCUT2D eigenvalue weighted by molar-refractivity contribution is 6.07. The monoisotopic (exact) mass is 466 g/mol. The van der Waals surface area contributed by atoms with Crippen LogP contribution >= 0.6 is 0 Å². The number of amides is 3. The van der Waals surface area contributed by atoms with E-state index in [9.17, 15) is 9.59 Å². The number of carbonyl (C=O) groups excluding carboxylic acids is 2. The molecule has 1 aromatic heterocycles. The first-order valence-electron chi connectivity index (χ1n) is 12.5. The molecular weight excluding hydrogens is 432 g/mol. The second kappa shape index (κ2) is 9.84. The molecule has 1 aliphatic carbocycles. The normalized spacial score (nSPS) is 22.1. The number of hydrogen-bond acceptors (Lipinski definition) is 7. The topological polar surface area (TPSA) is 94.8 Å². The van der Waals surface area contributed by atoms with Gasteiger partial charge in [0.1, 0.15) is 5.54 Å². The van der Waals surface area contributed by atoms with E-state index in [0.29, 0.717) is 24.9 Å². The van der Waals surface area contributed by atoms with Gasteiger partial charge in [0.15, 0.2) is 0 Å². The Bertz CT molecular complexity index is 1020. The van der Waals surface area contributed by atoms with Gasteiger partial charge in [0, 0.05) is 31.7 Å². The smallest absolute Gasteiger partial charge is 0.326 e. The van der Waals surface area contributed by atoms with E-state index in [-0.39, 0.29) is 11.9 Å². The Balaban J connectivity index is 1.14. The molecule has 9 heteroatoms. The Kier molecular flexibility index (Phi) is 6.65. The molecule has 9 nitrogen and oxygen atoms in total. The number of imide groups is 1. The van der Waals surface area contributed by atoms with Gasteiger partial charge in [-0.05, 0) is 25.3 Å². The SMILES string of the molecule is Cc1ccccc1-c1noc(CN2CCN(CN3C(=O)NC4(CCCCCCC4)C3=O)CC2)n1. The van der Waals surface area contributed by atoms with Crippen molar-refractivity contribution in [3.8, 4) is 11.4 Å². The van der Waals surface area contributed by atoms with Crippen molar-refractivity contribution in [1.29, 1.82) is 0 Å². The molecule has 2 saturated heterocycles. The number of urea groups is 1. The maximum atomic E-state index is 13.3. The molecule has 3 fully saturated rings. The largest absolute Gasteiger partial charge is 0.338 e. The van der Waals surface area contributed by atoms with E-state index in [1.807, 2.05) is 31.2 Å². The summed E-state index contributed by atoms with van der Waals surface area (Å²) in [6.45, 7) is 6.19. The van der Waals surface area contributed by atoms with Gasteiger partial charge < -0.3 is 9.84 Å². The van der Waals surface area contributed by atoms with Crippen molar-refractivity contribution in [3.05, 3.63) is 35.7 Å². The van der Waals surface area contributed by atoms with Gasteiger partial charge in [-0.15, -0.1) is 0 Å². The summed E-state index contributed by atoms with van der Waals surface area (Å²) in [5.41, 5.74) is 1.43. The number of piperazine rings is 1. The molecule has 0 atom stereocenters. The Labute approximate surface area is 200 Å². The molecule has 34 heavy (non-hydrogen) atoms. The molecule has 1 N–H and O–H groups in total. The molecule has 0 bridgehead atoms. The first-order chi connectivity index (χ1) is 16.5. The Hall–Kier alpha value is -2.78. The zero-order valence-electron chi connectivity index (χ0n) is 20.0. The molecule has 3 aliphatic rings. The zero-order valence-corrected chi connectivity index (χ0v) is 20.0. The van der Waals surface area contributed by atoms with E-state index in [1.54, 1.807) is 0 Å². The molecule has 0 unspecified atom stereocenters. The number of nitrogens with one attached hydrogen (secondary N) is 1. The number of rotatable bonds is 5. The summed E-state index contributed by atoms with van der Waals surface area (Å²) in [5, 5.41) is 7.22. The minimum atomic E-state index is -0.675. The molecule has 3 amide bonds. The summed E-state index contributed by atoms with van der Waals surface area (Å²) in [6, 6.07) is 7.77. The third-order valence-electron chi connectivity index (χ3n) is 7.47. The number of carbonyl (C=O) groups is 2. The lowest BCUT2D eigenvalue weighted by atomic mass is 9.84. The van der Waals surface area contributed by atoms with Gasteiger partial charge in [-0.2, -0.15) is 4.98 Å². The van der Waals surface area contributed by atoms with Gasteiger partial charge in [-0.3, -0.25) is 14.6 Å². The fraction of sp³-hybridized carbons (Fsp3) is 0.600. The third kappa shape index (κ3) is 4.72. The molecule has 2 aromatic rings. The highest BCUT2D eigenvalue weighted by Gasteiger charge is 2.50. The van der Waals surface area contributed by atoms with Crippen LogP contribution in [-0.4, -0.2) is 75.2 Å². The molecule has 2 aliphatic heterocycles. The summed E-state index contributed by atoms with van der Waals surface area (Å²) in [6.07, 6.45) is 7.02. The van der Waals surface area contributed by atoms with E-state index in [4.69, 9.17) is 4.52 Å². The van der Waals surface area contributed by atoms with Crippen LogP contribution in [0.1, 0.15) is 56.4 Å². The first kappa shape index (κ1) is 23.0. The molecule has 1 spiro atoms. The van der Waals surface area contributed by atoms with Crippen molar-refractivity contribution in [3.63, 3.8) is 0 Å². The Morgan fingerprint density at radius 3 is 2.38 bits per heavy atom. The zero-order chi connectivity index (χ0) is 23.5. The lowest BCUT2D eigenvalue weighted by Gasteiger charge is -2.35. The second-order valence-corrected chi connectivity index (χ2v) is 9.88. The highest BCUT2D eigenvalue weighted by atomic mass is 16.5. The molecule has 1 aromatic carbocycles. The van der Waals surface area contributed by atoms with E-state index < -0.39 is 5.54 Å². The quantitative estimate of drug-likeness (QED) is 0.677. The van der Waals surface area contributed by atoms with Crippen molar-refractivity contribution in [2.24, 2.45) is 0 Å². The van der Waals surface area contributed by atoms with Crippen LogP contribution in [0.2, 0.25) is 0 Å². The minimum Gasteiger partial charge on any atom is -0.338 e. The van der Waals surface area contributed by atoms with E-state index in [2.05, 4.69) is 25.3 Å². The van der Waals surface area contributed by atoms with Gasteiger partial charge in [0.2, 0.25) is 11.7 Å². The predicted molar refractivity (Wildman–Crippen MR) is 127 cm³/mol. The molecule has 5 rings (SSSR count). The van der Waals surface area contributed by atoms with E-state index >= 15 is 0 Å². The van der Waals surface area contributed by atoms with Gasteiger partial charge >= 0.3 is 6.03 Å². The summed E-state index contributed by atoms with van der Waals surface area (Å²) in [5.74, 6) is 1.19. The highest BCUT2D eigenvalue weighted by Crippen LogP contribution is 2.32. The maximum absolute atomic E-state index is 13.3.